The summed E-state index contributed by atoms with van der Waals surface area (Å²) in [5.41, 5.74) is 1.10. The average Bonchev–Trinajstić information content (AvgIpc) is 3.55. The summed E-state index contributed by atoms with van der Waals surface area (Å²) >= 11 is 0. The Labute approximate surface area is 278 Å². The molecule has 0 saturated carbocycles. The second kappa shape index (κ2) is 18.1. The van der Waals surface area contributed by atoms with E-state index in [4.69, 9.17) is 9.47 Å². The van der Waals surface area contributed by atoms with Gasteiger partial charge < -0.3 is 29.5 Å². The van der Waals surface area contributed by atoms with E-state index >= 15 is 0 Å². The summed E-state index contributed by atoms with van der Waals surface area (Å²) in [5.74, 6) is -1.69. The molecule has 1 fully saturated rings. The molecule has 0 radical (unpaired) electrons. The highest BCUT2D eigenvalue weighted by Gasteiger charge is 2.41. The molecule has 0 aromatic heterocycles. The number of carbonyl (C=O) groups is 5. The summed E-state index contributed by atoms with van der Waals surface area (Å²) in [6.45, 7) is 6.21. The molecule has 0 unspecified atom stereocenters. The number of amides is 4. The molecule has 47 heavy (non-hydrogen) atoms. The summed E-state index contributed by atoms with van der Waals surface area (Å²) in [6.07, 6.45) is 3.40. The number of para-hydroxylation sites is 1. The topological polar surface area (TPSA) is 126 Å². The zero-order chi connectivity index (χ0) is 34.5. The molecule has 11 heteroatoms. The Morgan fingerprint density at radius 1 is 0.979 bits per heavy atom. The molecule has 3 atom stereocenters. The van der Waals surface area contributed by atoms with Crippen molar-refractivity contribution in [1.82, 2.24) is 20.0 Å². The molecule has 256 valence electrons. The van der Waals surface area contributed by atoms with Crippen molar-refractivity contribution >= 4 is 29.6 Å². The molecule has 1 heterocycles. The first kappa shape index (κ1) is 37.1. The van der Waals surface area contributed by atoms with Crippen molar-refractivity contribution in [3.05, 3.63) is 65.7 Å². The first-order valence-corrected chi connectivity index (χ1v) is 16.4. The number of esters is 1. The molecule has 1 saturated heterocycles. The van der Waals surface area contributed by atoms with E-state index in [0.717, 1.165) is 18.4 Å². The number of hydrogen-bond donors (Lipinski definition) is 1. The lowest BCUT2D eigenvalue weighted by molar-refractivity contribution is -0.149. The minimum Gasteiger partial charge on any atom is -0.481 e. The van der Waals surface area contributed by atoms with Crippen LogP contribution < -0.4 is 10.1 Å². The van der Waals surface area contributed by atoms with Gasteiger partial charge in [-0.3, -0.25) is 19.2 Å². The molecule has 11 nitrogen and oxygen atoms in total. The molecule has 3 rings (SSSR count). The minimum absolute atomic E-state index is 0.0565. The van der Waals surface area contributed by atoms with Crippen molar-refractivity contribution in [2.75, 3.05) is 40.9 Å². The Bertz CT molecular complexity index is 1360. The quantitative estimate of drug-likeness (QED) is 0.217. The maximum Gasteiger partial charge on any atom is 0.344 e. The van der Waals surface area contributed by atoms with Gasteiger partial charge in [-0.2, -0.15) is 0 Å². The van der Waals surface area contributed by atoms with Crippen molar-refractivity contribution in [2.24, 2.45) is 5.92 Å². The Kier molecular flexibility index (Phi) is 14.2. The van der Waals surface area contributed by atoms with Crippen LogP contribution in [0.5, 0.6) is 5.75 Å². The monoisotopic (exact) mass is 650 g/mol. The summed E-state index contributed by atoms with van der Waals surface area (Å²) in [5, 5.41) is 2.88. The third-order valence-corrected chi connectivity index (χ3v) is 8.18. The lowest BCUT2D eigenvalue weighted by Crippen LogP contribution is -2.57. The highest BCUT2D eigenvalue weighted by atomic mass is 16.6. The molecular formula is C36H50N4O7. The van der Waals surface area contributed by atoms with Crippen LogP contribution in [0.4, 0.5) is 0 Å². The van der Waals surface area contributed by atoms with E-state index in [2.05, 4.69) is 5.32 Å². The zero-order valence-corrected chi connectivity index (χ0v) is 28.6. The standard InChI is InChI=1S/C36H50N4O7/c1-7-8-21-46-32(41)24-47-31-19-13-12-17-27(31)33(42)37-28(22-25(2)3)34(43)40-20-14-18-29(40)36(45)39(6)30(35(44)38(4)5)23-26-15-10-9-11-16-26/h9-13,15-17,19,25,28-30H,7-8,14,18,20-24H2,1-6H3,(H,37,42)/t28-,29-,30+/m1/s1. The molecule has 1 aliphatic rings. The summed E-state index contributed by atoms with van der Waals surface area (Å²) in [4.78, 5) is 71.4. The third kappa shape index (κ3) is 10.6. The number of rotatable bonds is 16. The van der Waals surface area contributed by atoms with Crippen LogP contribution in [0.1, 0.15) is 68.8 Å². The molecule has 4 amide bonds. The third-order valence-electron chi connectivity index (χ3n) is 8.18. The van der Waals surface area contributed by atoms with Gasteiger partial charge in [0.05, 0.1) is 12.2 Å². The largest absolute Gasteiger partial charge is 0.481 e. The van der Waals surface area contributed by atoms with E-state index in [9.17, 15) is 24.0 Å². The second-order valence-corrected chi connectivity index (χ2v) is 12.6. The van der Waals surface area contributed by atoms with Gasteiger partial charge in [0.1, 0.15) is 23.9 Å². The van der Waals surface area contributed by atoms with Gasteiger partial charge in [0.2, 0.25) is 17.7 Å². The van der Waals surface area contributed by atoms with Gasteiger partial charge in [-0.15, -0.1) is 0 Å². The maximum atomic E-state index is 14.1. The highest BCUT2D eigenvalue weighted by Crippen LogP contribution is 2.24. The van der Waals surface area contributed by atoms with Crippen LogP contribution in [0.25, 0.3) is 0 Å². The molecular weight excluding hydrogens is 600 g/mol. The predicted octanol–water partition coefficient (Wildman–Crippen LogP) is 3.70. The van der Waals surface area contributed by atoms with E-state index in [1.54, 1.807) is 50.3 Å². The van der Waals surface area contributed by atoms with E-state index < -0.39 is 30.0 Å². The van der Waals surface area contributed by atoms with Crippen LogP contribution >= 0.6 is 0 Å². The summed E-state index contributed by atoms with van der Waals surface area (Å²) in [7, 11) is 4.93. The van der Waals surface area contributed by atoms with Crippen LogP contribution in [0.2, 0.25) is 0 Å². The van der Waals surface area contributed by atoms with Crippen molar-refractivity contribution in [1.29, 1.82) is 0 Å². The van der Waals surface area contributed by atoms with Crippen molar-refractivity contribution in [2.45, 2.75) is 77.4 Å². The van der Waals surface area contributed by atoms with Crippen LogP contribution in [0, 0.1) is 5.92 Å². The minimum atomic E-state index is -0.906. The number of nitrogens with zero attached hydrogens (tertiary/aromatic N) is 3. The maximum absolute atomic E-state index is 14.1. The van der Waals surface area contributed by atoms with E-state index in [1.165, 1.54) is 9.80 Å². The smallest absolute Gasteiger partial charge is 0.344 e. The van der Waals surface area contributed by atoms with E-state index in [1.807, 2.05) is 51.1 Å². The fourth-order valence-electron chi connectivity index (χ4n) is 5.62. The van der Waals surface area contributed by atoms with Crippen molar-refractivity contribution in [3.63, 3.8) is 0 Å². The van der Waals surface area contributed by atoms with Gasteiger partial charge in [0, 0.05) is 34.1 Å². The zero-order valence-electron chi connectivity index (χ0n) is 28.6. The molecule has 1 N–H and O–H groups in total. The van der Waals surface area contributed by atoms with Gasteiger partial charge >= 0.3 is 5.97 Å². The van der Waals surface area contributed by atoms with Gasteiger partial charge in [-0.25, -0.2) is 4.79 Å². The fraction of sp³-hybridized carbons (Fsp3) is 0.528. The lowest BCUT2D eigenvalue weighted by atomic mass is 10.0. The highest BCUT2D eigenvalue weighted by molar-refractivity contribution is 6.00. The van der Waals surface area contributed by atoms with Crippen LogP contribution in [-0.4, -0.2) is 103 Å². The number of likely N-dealkylation sites (N-methyl/N-ethyl adjacent to an activating group) is 2. The molecule has 2 aromatic carbocycles. The van der Waals surface area contributed by atoms with E-state index in [-0.39, 0.29) is 41.6 Å². The first-order chi connectivity index (χ1) is 22.4. The molecule has 2 aromatic rings. The Morgan fingerprint density at radius 2 is 1.66 bits per heavy atom. The second-order valence-electron chi connectivity index (χ2n) is 12.6. The number of hydrogen-bond acceptors (Lipinski definition) is 7. The summed E-state index contributed by atoms with van der Waals surface area (Å²) in [6, 6.07) is 13.6. The number of nitrogens with one attached hydrogen (secondary N) is 1. The molecule has 0 aliphatic carbocycles. The number of unbranched alkanes of at least 4 members (excludes halogenated alkanes) is 1. The molecule has 1 aliphatic heterocycles. The van der Waals surface area contributed by atoms with Gasteiger partial charge in [-0.1, -0.05) is 69.7 Å². The lowest BCUT2D eigenvalue weighted by Gasteiger charge is -2.35. The first-order valence-electron chi connectivity index (χ1n) is 16.4. The Morgan fingerprint density at radius 3 is 2.32 bits per heavy atom. The van der Waals surface area contributed by atoms with Crippen molar-refractivity contribution in [3.8, 4) is 5.75 Å². The van der Waals surface area contributed by atoms with Crippen LogP contribution in [0.3, 0.4) is 0 Å². The SMILES string of the molecule is CCCCOC(=O)COc1ccccc1C(=O)N[C@H](CC(C)C)C(=O)N1CCC[C@@H]1C(=O)N(C)[C@@H](Cc1ccccc1)C(=O)N(C)C. The average molecular weight is 651 g/mol. The van der Waals surface area contributed by atoms with E-state index in [0.29, 0.717) is 38.8 Å². The number of benzene rings is 2. The summed E-state index contributed by atoms with van der Waals surface area (Å²) < 4.78 is 10.8. The van der Waals surface area contributed by atoms with Gasteiger partial charge in [0.15, 0.2) is 6.61 Å². The number of likely N-dealkylation sites (tertiary alicyclic amines) is 1. The van der Waals surface area contributed by atoms with Crippen LogP contribution in [-0.2, 0) is 30.3 Å². The number of ether oxygens (including phenoxy) is 2. The molecule has 0 spiro atoms. The Hall–Kier alpha value is -4.41. The van der Waals surface area contributed by atoms with Gasteiger partial charge in [0.25, 0.3) is 5.91 Å². The number of carbonyl (C=O) groups excluding carboxylic acids is 5. The molecule has 0 bridgehead atoms. The van der Waals surface area contributed by atoms with Crippen LogP contribution in [0.15, 0.2) is 54.6 Å². The normalized spacial score (nSPS) is 15.5. The fourth-order valence-corrected chi connectivity index (χ4v) is 5.62. The predicted molar refractivity (Wildman–Crippen MR) is 179 cm³/mol. The Balaban J connectivity index is 1.77. The van der Waals surface area contributed by atoms with Gasteiger partial charge in [-0.05, 0) is 49.3 Å². The van der Waals surface area contributed by atoms with Crippen molar-refractivity contribution < 1.29 is 33.4 Å².